The van der Waals surface area contributed by atoms with E-state index in [1.54, 1.807) is 0 Å². The second kappa shape index (κ2) is 8.84. The summed E-state index contributed by atoms with van der Waals surface area (Å²) in [5, 5.41) is 1.90. The molecule has 0 saturated carbocycles. The van der Waals surface area contributed by atoms with E-state index in [1.165, 1.54) is 30.3 Å². The Bertz CT molecular complexity index is 1120. The van der Waals surface area contributed by atoms with Gasteiger partial charge in [0.15, 0.2) is 5.78 Å². The van der Waals surface area contributed by atoms with Gasteiger partial charge in [0.05, 0.1) is 22.4 Å². The molecule has 2 atom stereocenters. The molecule has 6 nitrogen and oxygen atoms in total. The molecule has 164 valence electrons. The third kappa shape index (κ3) is 4.06. The molecule has 3 amide bonds. The number of allylic oxidation sites excluding steroid dienone is 2. The van der Waals surface area contributed by atoms with E-state index in [-0.39, 0.29) is 16.1 Å². The second-order valence-corrected chi connectivity index (χ2v) is 8.40. The zero-order valence-electron chi connectivity index (χ0n) is 16.6. The van der Waals surface area contributed by atoms with Crippen molar-refractivity contribution in [2.75, 3.05) is 6.54 Å². The zero-order chi connectivity index (χ0) is 23.0. The number of Topliss-reactive ketones (excluding diaryl/α,β-unsaturated/α-hetero) is 1. The molecule has 2 aromatic rings. The number of halogens is 3. The predicted octanol–water partition coefficient (Wildman–Crippen LogP) is 4.32. The van der Waals surface area contributed by atoms with Gasteiger partial charge in [-0.25, -0.2) is 9.40 Å². The molecule has 0 bridgehead atoms. The highest BCUT2D eigenvalue weighted by Crippen LogP contribution is 2.36. The number of carbonyl (C=O) groups is 4. The lowest BCUT2D eigenvalue weighted by Crippen LogP contribution is -2.52. The first-order valence-corrected chi connectivity index (χ1v) is 10.6. The number of nitrogens with zero attached hydrogens (tertiary/aromatic N) is 2. The first-order chi connectivity index (χ1) is 15.3. The highest BCUT2D eigenvalue weighted by Gasteiger charge is 2.51. The van der Waals surface area contributed by atoms with Crippen LogP contribution in [0.25, 0.3) is 0 Å². The first-order valence-electron chi connectivity index (χ1n) is 9.86. The van der Waals surface area contributed by atoms with Gasteiger partial charge < -0.3 is 0 Å². The Hall–Kier alpha value is -3.03. The molecule has 1 aliphatic heterocycles. The van der Waals surface area contributed by atoms with Crippen LogP contribution in [0.1, 0.15) is 33.6 Å². The van der Waals surface area contributed by atoms with Gasteiger partial charge in [0.25, 0.3) is 17.7 Å². The van der Waals surface area contributed by atoms with Gasteiger partial charge in [-0.05, 0) is 55.3 Å². The number of hydrazine groups is 1. The van der Waals surface area contributed by atoms with E-state index in [0.717, 1.165) is 22.2 Å². The van der Waals surface area contributed by atoms with Crippen LogP contribution in [-0.4, -0.2) is 40.1 Å². The maximum Gasteiger partial charge on any atom is 0.274 e. The molecule has 0 spiro atoms. The summed E-state index contributed by atoms with van der Waals surface area (Å²) in [6.45, 7) is -0.603. The van der Waals surface area contributed by atoms with E-state index in [0.29, 0.717) is 17.9 Å². The van der Waals surface area contributed by atoms with Gasteiger partial charge in [-0.2, -0.15) is 5.01 Å². The van der Waals surface area contributed by atoms with E-state index >= 15 is 0 Å². The minimum atomic E-state index is -0.796. The van der Waals surface area contributed by atoms with Crippen LogP contribution < -0.4 is 0 Å². The number of hydrogen-bond donors (Lipinski definition) is 0. The smallest absolute Gasteiger partial charge is 0.274 e. The summed E-state index contributed by atoms with van der Waals surface area (Å²) in [6.07, 6.45) is 4.40. The van der Waals surface area contributed by atoms with Crippen molar-refractivity contribution in [2.24, 2.45) is 11.8 Å². The maximum absolute atomic E-state index is 13.4. The summed E-state index contributed by atoms with van der Waals surface area (Å²) in [6, 6.07) is 8.93. The van der Waals surface area contributed by atoms with Crippen LogP contribution in [-0.2, 0) is 9.59 Å². The van der Waals surface area contributed by atoms with E-state index in [9.17, 15) is 23.6 Å². The average Bonchev–Trinajstić information content (AvgIpc) is 3.02. The van der Waals surface area contributed by atoms with Gasteiger partial charge in [-0.15, -0.1) is 0 Å². The van der Waals surface area contributed by atoms with Gasteiger partial charge in [0, 0.05) is 10.6 Å². The fraction of sp³-hybridized carbons (Fsp3) is 0.217. The zero-order valence-corrected chi connectivity index (χ0v) is 18.1. The third-order valence-electron chi connectivity index (χ3n) is 5.58. The summed E-state index contributed by atoms with van der Waals surface area (Å²) in [5.74, 6) is -4.17. The predicted molar refractivity (Wildman–Crippen MR) is 115 cm³/mol. The third-order valence-corrected chi connectivity index (χ3v) is 6.13. The van der Waals surface area contributed by atoms with Gasteiger partial charge in [0.2, 0.25) is 0 Å². The lowest BCUT2D eigenvalue weighted by Gasteiger charge is -2.30. The number of benzene rings is 2. The molecule has 32 heavy (non-hydrogen) atoms. The number of fused-ring (bicyclic) bond motifs is 1. The molecule has 0 N–H and O–H groups in total. The maximum atomic E-state index is 13.4. The monoisotopic (exact) mass is 474 g/mol. The Morgan fingerprint density at radius 1 is 0.969 bits per heavy atom. The minimum absolute atomic E-state index is 0.0138. The molecule has 2 aromatic carbocycles. The van der Waals surface area contributed by atoms with Crippen LogP contribution in [0.4, 0.5) is 4.39 Å². The normalized spacial score (nSPS) is 19.8. The molecular weight excluding hydrogens is 458 g/mol. The molecule has 1 saturated heterocycles. The van der Waals surface area contributed by atoms with Crippen LogP contribution in [0, 0.1) is 17.7 Å². The minimum Gasteiger partial charge on any atom is -0.292 e. The molecule has 4 rings (SSSR count). The average molecular weight is 475 g/mol. The second-order valence-electron chi connectivity index (χ2n) is 7.56. The fourth-order valence-corrected chi connectivity index (χ4v) is 4.41. The van der Waals surface area contributed by atoms with Crippen molar-refractivity contribution < 1.29 is 23.6 Å². The van der Waals surface area contributed by atoms with Crippen LogP contribution in [0.15, 0.2) is 54.6 Å². The van der Waals surface area contributed by atoms with Crippen molar-refractivity contribution in [3.05, 3.63) is 81.6 Å². The summed E-state index contributed by atoms with van der Waals surface area (Å²) in [5.41, 5.74) is 0.112. The van der Waals surface area contributed by atoms with Crippen molar-refractivity contribution in [2.45, 2.75) is 12.8 Å². The molecule has 1 aliphatic carbocycles. The van der Waals surface area contributed by atoms with E-state index in [2.05, 4.69) is 0 Å². The number of ketones is 1. The number of rotatable bonds is 5. The summed E-state index contributed by atoms with van der Waals surface area (Å²) < 4.78 is 13.3. The number of imide groups is 1. The summed E-state index contributed by atoms with van der Waals surface area (Å²) in [7, 11) is 0. The highest BCUT2D eigenvalue weighted by molar-refractivity contribution is 6.36. The van der Waals surface area contributed by atoms with Gasteiger partial charge >= 0.3 is 0 Å². The Balaban J connectivity index is 1.71. The van der Waals surface area contributed by atoms with Crippen LogP contribution in [0.3, 0.4) is 0 Å². The SMILES string of the molecule is O=C(CN(C(=O)c1ccc(Cl)cc1Cl)N1C(=O)[C@@H]2CC=CC[C@H]2C1=O)c1ccc(F)cc1. The van der Waals surface area contributed by atoms with Crippen LogP contribution in [0.5, 0.6) is 0 Å². The molecule has 0 unspecified atom stereocenters. The summed E-state index contributed by atoms with van der Waals surface area (Å²) >= 11 is 12.1. The van der Waals surface area contributed by atoms with Crippen LogP contribution in [0.2, 0.25) is 10.0 Å². The molecule has 1 fully saturated rings. The highest BCUT2D eigenvalue weighted by atomic mass is 35.5. The van der Waals surface area contributed by atoms with Crippen molar-refractivity contribution in [3.63, 3.8) is 0 Å². The lowest BCUT2D eigenvalue weighted by molar-refractivity contribution is -0.154. The van der Waals surface area contributed by atoms with Crippen molar-refractivity contribution >= 4 is 46.7 Å². The fourth-order valence-electron chi connectivity index (χ4n) is 3.92. The van der Waals surface area contributed by atoms with E-state index < -0.39 is 47.7 Å². The topological polar surface area (TPSA) is 74.8 Å². The van der Waals surface area contributed by atoms with Gasteiger partial charge in [0.1, 0.15) is 12.4 Å². The first kappa shape index (κ1) is 22.2. The largest absolute Gasteiger partial charge is 0.292 e. The quantitative estimate of drug-likeness (QED) is 0.367. The van der Waals surface area contributed by atoms with Crippen molar-refractivity contribution in [1.29, 1.82) is 0 Å². The number of carbonyl (C=O) groups excluding carboxylic acids is 4. The summed E-state index contributed by atoms with van der Waals surface area (Å²) in [4.78, 5) is 52.5. The Morgan fingerprint density at radius 3 is 2.12 bits per heavy atom. The van der Waals surface area contributed by atoms with E-state index in [4.69, 9.17) is 23.2 Å². The Morgan fingerprint density at radius 2 is 1.56 bits per heavy atom. The lowest BCUT2D eigenvalue weighted by atomic mass is 9.85. The van der Waals surface area contributed by atoms with E-state index in [1.807, 2.05) is 12.2 Å². The standard InChI is InChI=1S/C23H17Cl2FN2O4/c24-14-7-10-18(19(25)11-14)21(30)27(12-20(29)13-5-8-15(26)9-6-13)28-22(31)16-3-1-2-4-17(16)23(28)32/h1-2,5-11,16-17H,3-4,12H2/t16-,17-/m1/s1. The number of hydrogen-bond acceptors (Lipinski definition) is 4. The van der Waals surface area contributed by atoms with Gasteiger partial charge in [-0.1, -0.05) is 35.4 Å². The molecule has 0 aromatic heterocycles. The molecule has 9 heteroatoms. The number of amides is 3. The van der Waals surface area contributed by atoms with Crippen molar-refractivity contribution in [3.8, 4) is 0 Å². The molecule has 2 aliphatic rings. The van der Waals surface area contributed by atoms with Crippen LogP contribution >= 0.6 is 23.2 Å². The van der Waals surface area contributed by atoms with Gasteiger partial charge in [-0.3, -0.25) is 19.2 Å². The molecule has 0 radical (unpaired) electrons. The molecular formula is C23H17Cl2FN2O4. The molecule has 1 heterocycles. The van der Waals surface area contributed by atoms with Crippen molar-refractivity contribution in [1.82, 2.24) is 10.0 Å². The Kier molecular flexibility index (Phi) is 6.13. The Labute approximate surface area is 193 Å².